The quantitative estimate of drug-likeness (QED) is 0.780. The number of hydrogen-bond donors (Lipinski definition) is 1. The second-order valence-electron chi connectivity index (χ2n) is 5.12. The van der Waals surface area contributed by atoms with Gasteiger partial charge in [-0.3, -0.25) is 4.68 Å². The van der Waals surface area contributed by atoms with E-state index in [4.69, 9.17) is 0 Å². The summed E-state index contributed by atoms with van der Waals surface area (Å²) in [7, 11) is 0. The van der Waals surface area contributed by atoms with Gasteiger partial charge in [0.05, 0.1) is 11.7 Å². The zero-order valence-electron chi connectivity index (χ0n) is 11.6. The predicted molar refractivity (Wildman–Crippen MR) is 75.5 cm³/mol. The summed E-state index contributed by atoms with van der Waals surface area (Å²) in [6, 6.07) is 3.33. The van der Waals surface area contributed by atoms with E-state index >= 15 is 0 Å². The van der Waals surface area contributed by atoms with Gasteiger partial charge in [0.2, 0.25) is 0 Å². The minimum Gasteiger partial charge on any atom is -0.308 e. The molecule has 0 aromatic carbocycles. The first-order chi connectivity index (χ1) is 8.83. The number of aromatic nitrogens is 2. The molecule has 1 heterocycles. The van der Waals surface area contributed by atoms with E-state index in [0.717, 1.165) is 31.5 Å². The summed E-state index contributed by atoms with van der Waals surface area (Å²) in [6.45, 7) is 5.34. The van der Waals surface area contributed by atoms with Crippen LogP contribution < -0.4 is 5.32 Å². The molecule has 1 aliphatic carbocycles. The summed E-state index contributed by atoms with van der Waals surface area (Å²) in [5, 5.41) is 8.27. The summed E-state index contributed by atoms with van der Waals surface area (Å²) in [5.74, 6) is 0. The molecule has 3 heteroatoms. The molecular weight excluding hydrogens is 222 g/mol. The van der Waals surface area contributed by atoms with Crippen molar-refractivity contribution in [2.24, 2.45) is 0 Å². The fraction of sp³-hybridized carbons (Fsp3) is 0.667. The van der Waals surface area contributed by atoms with Crippen molar-refractivity contribution in [1.82, 2.24) is 15.1 Å². The van der Waals surface area contributed by atoms with Gasteiger partial charge < -0.3 is 5.32 Å². The van der Waals surface area contributed by atoms with Crippen LogP contribution in [0.3, 0.4) is 0 Å². The Morgan fingerprint density at radius 3 is 2.89 bits per heavy atom. The number of nitrogens with one attached hydrogen (secondary N) is 1. The first kappa shape index (κ1) is 13.3. The molecule has 0 fully saturated rings. The molecule has 1 aromatic heterocycles. The van der Waals surface area contributed by atoms with Gasteiger partial charge in [-0.05, 0) is 38.2 Å². The topological polar surface area (TPSA) is 29.9 Å². The Balaban J connectivity index is 1.84. The van der Waals surface area contributed by atoms with E-state index in [2.05, 4.69) is 53.4 Å². The molecular formula is C15H25N3. The van der Waals surface area contributed by atoms with Gasteiger partial charge in [-0.15, -0.1) is 0 Å². The summed E-state index contributed by atoms with van der Waals surface area (Å²) in [6.07, 6.45) is 12.6. The third kappa shape index (κ3) is 3.45. The molecule has 0 saturated heterocycles. The molecule has 1 aromatic rings. The molecule has 18 heavy (non-hydrogen) atoms. The number of allylic oxidation sites excluding steroid dienone is 1. The average Bonchev–Trinajstić information content (AvgIpc) is 2.88. The predicted octanol–water partition coefficient (Wildman–Crippen LogP) is 3.44. The summed E-state index contributed by atoms with van der Waals surface area (Å²) < 4.78 is 2.12. The Bertz CT molecular complexity index is 377. The van der Waals surface area contributed by atoms with Crippen LogP contribution in [0.5, 0.6) is 0 Å². The van der Waals surface area contributed by atoms with Crippen molar-refractivity contribution < 1.29 is 0 Å². The molecule has 3 nitrogen and oxygen atoms in total. The van der Waals surface area contributed by atoms with E-state index in [-0.39, 0.29) is 0 Å². The van der Waals surface area contributed by atoms with Crippen molar-refractivity contribution in [2.75, 3.05) is 0 Å². The minimum absolute atomic E-state index is 0.552. The van der Waals surface area contributed by atoms with E-state index in [1.165, 1.54) is 12.8 Å². The third-order valence-electron chi connectivity index (χ3n) is 3.82. The van der Waals surface area contributed by atoms with Crippen LogP contribution in [0.4, 0.5) is 0 Å². The SMILES string of the molecule is CCC(CC)n1ccc(CNC2CC=CCC2)n1. The summed E-state index contributed by atoms with van der Waals surface area (Å²) in [5.41, 5.74) is 1.16. The van der Waals surface area contributed by atoms with Gasteiger partial charge >= 0.3 is 0 Å². The molecule has 100 valence electrons. The molecule has 1 unspecified atom stereocenters. The molecule has 0 bridgehead atoms. The maximum Gasteiger partial charge on any atom is 0.0762 e. The Labute approximate surface area is 110 Å². The summed E-state index contributed by atoms with van der Waals surface area (Å²) >= 11 is 0. The Hall–Kier alpha value is -1.09. The number of hydrogen-bond acceptors (Lipinski definition) is 2. The van der Waals surface area contributed by atoms with Crippen LogP contribution in [0.25, 0.3) is 0 Å². The molecule has 0 aliphatic heterocycles. The lowest BCUT2D eigenvalue weighted by molar-refractivity contribution is 0.419. The van der Waals surface area contributed by atoms with Crippen molar-refractivity contribution in [3.05, 3.63) is 30.1 Å². The lowest BCUT2D eigenvalue weighted by atomic mass is 10.0. The lowest BCUT2D eigenvalue weighted by Crippen LogP contribution is -2.29. The zero-order chi connectivity index (χ0) is 12.8. The monoisotopic (exact) mass is 247 g/mol. The molecule has 1 atom stereocenters. The standard InChI is InChI=1S/C15H25N3/c1-3-15(4-2)18-11-10-14(17-18)12-16-13-8-6-5-7-9-13/h5-6,10-11,13,15-16H,3-4,7-9,12H2,1-2H3. The molecule has 1 N–H and O–H groups in total. The third-order valence-corrected chi connectivity index (χ3v) is 3.82. The molecule has 0 saturated carbocycles. The molecule has 2 rings (SSSR count). The fourth-order valence-electron chi connectivity index (χ4n) is 2.57. The first-order valence-electron chi connectivity index (χ1n) is 7.25. The normalized spacial score (nSPS) is 19.6. The molecule has 0 radical (unpaired) electrons. The maximum absolute atomic E-state index is 4.67. The van der Waals surface area contributed by atoms with Gasteiger partial charge in [0, 0.05) is 18.8 Å². The van der Waals surface area contributed by atoms with Crippen LogP contribution in [0.1, 0.15) is 57.7 Å². The van der Waals surface area contributed by atoms with Crippen LogP contribution in [0.2, 0.25) is 0 Å². The number of rotatable bonds is 6. The molecule has 0 spiro atoms. The van der Waals surface area contributed by atoms with Crippen LogP contribution in [-0.4, -0.2) is 15.8 Å². The zero-order valence-corrected chi connectivity index (χ0v) is 11.6. The Kier molecular flexibility index (Phi) is 5.00. The van der Waals surface area contributed by atoms with Crippen molar-refractivity contribution in [3.8, 4) is 0 Å². The fourth-order valence-corrected chi connectivity index (χ4v) is 2.57. The smallest absolute Gasteiger partial charge is 0.0762 e. The minimum atomic E-state index is 0.552. The van der Waals surface area contributed by atoms with Gasteiger partial charge in [-0.2, -0.15) is 5.10 Å². The second kappa shape index (κ2) is 6.74. The van der Waals surface area contributed by atoms with Crippen molar-refractivity contribution in [2.45, 2.75) is 64.6 Å². The largest absolute Gasteiger partial charge is 0.308 e. The van der Waals surface area contributed by atoms with Gasteiger partial charge in [-0.1, -0.05) is 26.0 Å². The highest BCUT2D eigenvalue weighted by Gasteiger charge is 2.11. The van der Waals surface area contributed by atoms with Gasteiger partial charge in [0.15, 0.2) is 0 Å². The van der Waals surface area contributed by atoms with E-state index in [9.17, 15) is 0 Å². The van der Waals surface area contributed by atoms with Gasteiger partial charge in [0.1, 0.15) is 0 Å². The highest BCUT2D eigenvalue weighted by Crippen LogP contribution is 2.15. The second-order valence-corrected chi connectivity index (χ2v) is 5.12. The van der Waals surface area contributed by atoms with E-state index in [0.29, 0.717) is 12.1 Å². The van der Waals surface area contributed by atoms with Crippen LogP contribution in [0.15, 0.2) is 24.4 Å². The van der Waals surface area contributed by atoms with E-state index in [1.807, 2.05) is 0 Å². The highest BCUT2D eigenvalue weighted by atomic mass is 15.3. The molecule has 1 aliphatic rings. The van der Waals surface area contributed by atoms with Crippen LogP contribution >= 0.6 is 0 Å². The van der Waals surface area contributed by atoms with Gasteiger partial charge in [0.25, 0.3) is 0 Å². The lowest BCUT2D eigenvalue weighted by Gasteiger charge is -2.18. The molecule has 0 amide bonds. The number of nitrogens with zero attached hydrogens (tertiary/aromatic N) is 2. The van der Waals surface area contributed by atoms with E-state index in [1.54, 1.807) is 0 Å². The first-order valence-corrected chi connectivity index (χ1v) is 7.25. The summed E-state index contributed by atoms with van der Waals surface area (Å²) in [4.78, 5) is 0. The highest BCUT2D eigenvalue weighted by molar-refractivity contribution is 5.01. The van der Waals surface area contributed by atoms with Crippen LogP contribution in [-0.2, 0) is 6.54 Å². The van der Waals surface area contributed by atoms with E-state index < -0.39 is 0 Å². The Morgan fingerprint density at radius 1 is 1.39 bits per heavy atom. The maximum atomic E-state index is 4.67. The van der Waals surface area contributed by atoms with Crippen molar-refractivity contribution in [1.29, 1.82) is 0 Å². The van der Waals surface area contributed by atoms with Crippen molar-refractivity contribution in [3.63, 3.8) is 0 Å². The van der Waals surface area contributed by atoms with Crippen LogP contribution in [0, 0.1) is 0 Å². The average molecular weight is 247 g/mol. The van der Waals surface area contributed by atoms with Crippen molar-refractivity contribution >= 4 is 0 Å². The Morgan fingerprint density at radius 2 is 2.22 bits per heavy atom. The van der Waals surface area contributed by atoms with Gasteiger partial charge in [-0.25, -0.2) is 0 Å².